The fraction of sp³-hybridized carbons (Fsp3) is 0.294. The summed E-state index contributed by atoms with van der Waals surface area (Å²) < 4.78 is 26.0. The molecule has 2 aromatic carbocycles. The molecule has 0 bridgehead atoms. The number of halogens is 2. The minimum atomic E-state index is -0.228. The molecule has 0 heterocycles. The van der Waals surface area contributed by atoms with Gasteiger partial charge in [-0.2, -0.15) is 0 Å². The van der Waals surface area contributed by atoms with E-state index in [2.05, 4.69) is 12.2 Å². The number of hydrogen-bond acceptors (Lipinski definition) is 1. The first-order valence-corrected chi connectivity index (χ1v) is 6.80. The lowest BCUT2D eigenvalue weighted by atomic mass is 10.0. The molecule has 0 amide bonds. The Balaban J connectivity index is 1.93. The molecule has 106 valence electrons. The number of hydrogen-bond donors (Lipinski definition) is 1. The second kappa shape index (κ2) is 6.62. The van der Waals surface area contributed by atoms with Crippen molar-refractivity contribution in [3.05, 3.63) is 71.3 Å². The molecule has 0 radical (unpaired) electrons. The predicted molar refractivity (Wildman–Crippen MR) is 77.5 cm³/mol. The number of nitrogens with one attached hydrogen (secondary N) is 1. The zero-order valence-corrected chi connectivity index (χ0v) is 11.7. The van der Waals surface area contributed by atoms with Crippen LogP contribution < -0.4 is 5.32 Å². The lowest BCUT2D eigenvalue weighted by Crippen LogP contribution is -2.30. The Morgan fingerprint density at radius 2 is 1.65 bits per heavy atom. The summed E-state index contributed by atoms with van der Waals surface area (Å²) >= 11 is 0. The molecule has 2 aromatic rings. The lowest BCUT2D eigenvalue weighted by Gasteiger charge is -2.20. The van der Waals surface area contributed by atoms with Crippen LogP contribution in [0, 0.1) is 11.6 Å². The monoisotopic (exact) mass is 275 g/mol. The number of benzene rings is 2. The molecule has 1 unspecified atom stereocenters. The normalized spacial score (nSPS) is 14.0. The van der Waals surface area contributed by atoms with E-state index in [9.17, 15) is 8.78 Å². The molecule has 2 atom stereocenters. The van der Waals surface area contributed by atoms with Gasteiger partial charge in [-0.3, -0.25) is 0 Å². The maximum atomic E-state index is 13.1. The molecule has 0 spiro atoms. The molecule has 0 aliphatic carbocycles. The van der Waals surface area contributed by atoms with Gasteiger partial charge >= 0.3 is 0 Å². The Kier molecular flexibility index (Phi) is 4.85. The van der Waals surface area contributed by atoms with E-state index in [1.165, 1.54) is 18.2 Å². The molecule has 1 nitrogen and oxygen atoms in total. The second-order valence-corrected chi connectivity index (χ2v) is 5.17. The van der Waals surface area contributed by atoms with Crippen molar-refractivity contribution >= 4 is 0 Å². The minimum Gasteiger partial charge on any atom is -0.307 e. The summed E-state index contributed by atoms with van der Waals surface area (Å²) in [5.41, 5.74) is 2.01. The van der Waals surface area contributed by atoms with Gasteiger partial charge < -0.3 is 5.32 Å². The Morgan fingerprint density at radius 3 is 2.30 bits per heavy atom. The van der Waals surface area contributed by atoms with Crippen LogP contribution in [0.15, 0.2) is 48.5 Å². The summed E-state index contributed by atoms with van der Waals surface area (Å²) in [5.74, 6) is -0.435. The van der Waals surface area contributed by atoms with Crippen molar-refractivity contribution in [3.63, 3.8) is 0 Å². The van der Waals surface area contributed by atoms with Gasteiger partial charge in [-0.05, 0) is 55.7 Å². The van der Waals surface area contributed by atoms with Gasteiger partial charge in [0.25, 0.3) is 0 Å². The summed E-state index contributed by atoms with van der Waals surface area (Å²) in [7, 11) is 0. The quantitative estimate of drug-likeness (QED) is 0.860. The van der Waals surface area contributed by atoms with Crippen molar-refractivity contribution < 1.29 is 8.78 Å². The third-order valence-corrected chi connectivity index (χ3v) is 3.34. The summed E-state index contributed by atoms with van der Waals surface area (Å²) in [4.78, 5) is 0. The molecule has 3 heteroatoms. The van der Waals surface area contributed by atoms with Gasteiger partial charge in [-0.25, -0.2) is 8.78 Å². The van der Waals surface area contributed by atoms with Crippen molar-refractivity contribution in [2.45, 2.75) is 32.4 Å². The van der Waals surface area contributed by atoms with E-state index in [0.717, 1.165) is 17.5 Å². The maximum absolute atomic E-state index is 13.1. The standard InChI is InChI=1S/C17H19F2N/c1-12(10-14-4-3-5-17(19)11-14)20-13(2)15-6-8-16(18)9-7-15/h3-9,11-13,20H,10H2,1-2H3/t12?,13-/m1/s1. The van der Waals surface area contributed by atoms with Crippen molar-refractivity contribution in [2.24, 2.45) is 0 Å². The summed E-state index contributed by atoms with van der Waals surface area (Å²) in [6, 6.07) is 13.5. The molecule has 20 heavy (non-hydrogen) atoms. The highest BCUT2D eigenvalue weighted by molar-refractivity contribution is 5.20. The Bertz CT molecular complexity index is 551. The molecule has 0 saturated heterocycles. The van der Waals surface area contributed by atoms with Crippen LogP contribution in [-0.4, -0.2) is 6.04 Å². The molecule has 1 N–H and O–H groups in total. The van der Waals surface area contributed by atoms with Gasteiger partial charge in [-0.15, -0.1) is 0 Å². The molecule has 0 aromatic heterocycles. The zero-order valence-electron chi connectivity index (χ0n) is 11.7. The van der Waals surface area contributed by atoms with Gasteiger partial charge in [0.05, 0.1) is 0 Å². The van der Waals surface area contributed by atoms with Crippen molar-refractivity contribution in [1.82, 2.24) is 5.32 Å². The second-order valence-electron chi connectivity index (χ2n) is 5.17. The van der Waals surface area contributed by atoms with E-state index < -0.39 is 0 Å². The molecular weight excluding hydrogens is 256 g/mol. The summed E-state index contributed by atoms with van der Waals surface area (Å²) in [6.45, 7) is 4.10. The first kappa shape index (κ1) is 14.7. The first-order valence-electron chi connectivity index (χ1n) is 6.80. The van der Waals surface area contributed by atoms with E-state index in [4.69, 9.17) is 0 Å². The SMILES string of the molecule is CC(Cc1cccc(F)c1)N[C@H](C)c1ccc(F)cc1. The fourth-order valence-electron chi connectivity index (χ4n) is 2.35. The van der Waals surface area contributed by atoms with Crippen LogP contribution in [0.5, 0.6) is 0 Å². The van der Waals surface area contributed by atoms with Crippen molar-refractivity contribution in [3.8, 4) is 0 Å². The highest BCUT2D eigenvalue weighted by Gasteiger charge is 2.10. The highest BCUT2D eigenvalue weighted by atomic mass is 19.1. The third-order valence-electron chi connectivity index (χ3n) is 3.34. The molecule has 0 aliphatic heterocycles. The van der Waals surface area contributed by atoms with Crippen LogP contribution in [0.3, 0.4) is 0 Å². The van der Waals surface area contributed by atoms with Crippen LogP contribution in [-0.2, 0) is 6.42 Å². The Morgan fingerprint density at radius 1 is 0.950 bits per heavy atom. The van der Waals surface area contributed by atoms with Crippen LogP contribution in [0.25, 0.3) is 0 Å². The fourth-order valence-corrected chi connectivity index (χ4v) is 2.35. The molecule has 2 rings (SSSR count). The highest BCUT2D eigenvalue weighted by Crippen LogP contribution is 2.15. The van der Waals surface area contributed by atoms with Gasteiger partial charge in [0.1, 0.15) is 11.6 Å². The van der Waals surface area contributed by atoms with Gasteiger partial charge in [-0.1, -0.05) is 24.3 Å². The topological polar surface area (TPSA) is 12.0 Å². The van der Waals surface area contributed by atoms with Crippen molar-refractivity contribution in [1.29, 1.82) is 0 Å². The zero-order chi connectivity index (χ0) is 14.5. The average Bonchev–Trinajstić information content (AvgIpc) is 2.39. The smallest absolute Gasteiger partial charge is 0.123 e. The van der Waals surface area contributed by atoms with Crippen LogP contribution >= 0.6 is 0 Å². The van der Waals surface area contributed by atoms with Gasteiger partial charge in [0.15, 0.2) is 0 Å². The van der Waals surface area contributed by atoms with E-state index >= 15 is 0 Å². The first-order chi connectivity index (χ1) is 9.54. The molecule has 0 saturated carbocycles. The predicted octanol–water partition coefficient (Wildman–Crippen LogP) is 4.25. The van der Waals surface area contributed by atoms with Crippen LogP contribution in [0.2, 0.25) is 0 Å². The number of rotatable bonds is 5. The largest absolute Gasteiger partial charge is 0.307 e. The van der Waals surface area contributed by atoms with E-state index in [0.29, 0.717) is 0 Å². The third kappa shape index (κ3) is 4.14. The van der Waals surface area contributed by atoms with Crippen molar-refractivity contribution in [2.75, 3.05) is 0 Å². The van der Waals surface area contributed by atoms with E-state index in [-0.39, 0.29) is 23.7 Å². The van der Waals surface area contributed by atoms with E-state index in [1.807, 2.05) is 13.0 Å². The molecule has 0 aliphatic rings. The van der Waals surface area contributed by atoms with Gasteiger partial charge in [0.2, 0.25) is 0 Å². The average molecular weight is 275 g/mol. The Labute approximate surface area is 118 Å². The maximum Gasteiger partial charge on any atom is 0.123 e. The minimum absolute atomic E-state index is 0.124. The molecule has 0 fully saturated rings. The molecular formula is C17H19F2N. The Hall–Kier alpha value is -1.74. The summed E-state index contributed by atoms with van der Waals surface area (Å²) in [6.07, 6.45) is 0.753. The van der Waals surface area contributed by atoms with E-state index in [1.54, 1.807) is 24.3 Å². The van der Waals surface area contributed by atoms with Crippen LogP contribution in [0.4, 0.5) is 8.78 Å². The van der Waals surface area contributed by atoms with Gasteiger partial charge in [0, 0.05) is 12.1 Å². The van der Waals surface area contributed by atoms with Crippen LogP contribution in [0.1, 0.15) is 31.0 Å². The lowest BCUT2D eigenvalue weighted by molar-refractivity contribution is 0.475. The summed E-state index contributed by atoms with van der Waals surface area (Å²) in [5, 5.41) is 3.44.